The zero-order valence-corrected chi connectivity index (χ0v) is 17.9. The minimum Gasteiger partial charge on any atom is -0.496 e. The van der Waals surface area contributed by atoms with E-state index in [0.717, 1.165) is 36.0 Å². The number of furan rings is 1. The Balaban J connectivity index is 0.00000338. The summed E-state index contributed by atoms with van der Waals surface area (Å²) in [5.74, 6) is 2.66. The van der Waals surface area contributed by atoms with E-state index in [4.69, 9.17) is 13.9 Å². The molecular weight excluding hydrogens is 445 g/mol. The van der Waals surface area contributed by atoms with E-state index in [1.807, 2.05) is 37.4 Å². The van der Waals surface area contributed by atoms with Crippen LogP contribution in [0.15, 0.2) is 52.1 Å². The van der Waals surface area contributed by atoms with Gasteiger partial charge in [0.25, 0.3) is 0 Å². The lowest BCUT2D eigenvalue weighted by Gasteiger charge is -2.23. The van der Waals surface area contributed by atoms with Crippen molar-refractivity contribution in [1.82, 2.24) is 10.2 Å². The molecule has 0 unspecified atom stereocenters. The van der Waals surface area contributed by atoms with E-state index in [1.54, 1.807) is 20.5 Å². The summed E-state index contributed by atoms with van der Waals surface area (Å²) in [5, 5.41) is 3.39. The number of guanidine groups is 1. The van der Waals surface area contributed by atoms with Crippen molar-refractivity contribution in [3.63, 3.8) is 0 Å². The highest BCUT2D eigenvalue weighted by molar-refractivity contribution is 14.0. The summed E-state index contributed by atoms with van der Waals surface area (Å²) in [7, 11) is 5.38. The first-order valence-electron chi connectivity index (χ1n) is 8.37. The number of aliphatic imine (C=N–C) groups is 1. The summed E-state index contributed by atoms with van der Waals surface area (Å²) >= 11 is 0. The lowest BCUT2D eigenvalue weighted by Crippen LogP contribution is -2.39. The van der Waals surface area contributed by atoms with E-state index in [2.05, 4.69) is 21.3 Å². The highest BCUT2D eigenvalue weighted by Crippen LogP contribution is 2.18. The Labute approximate surface area is 172 Å². The van der Waals surface area contributed by atoms with Gasteiger partial charge >= 0.3 is 0 Å². The van der Waals surface area contributed by atoms with Crippen molar-refractivity contribution in [2.45, 2.75) is 13.0 Å². The molecule has 2 aromatic rings. The number of methoxy groups -OCH3 is 2. The minimum atomic E-state index is 0. The van der Waals surface area contributed by atoms with Gasteiger partial charge in [-0.2, -0.15) is 0 Å². The van der Waals surface area contributed by atoms with Crippen LogP contribution < -0.4 is 10.1 Å². The fourth-order valence-corrected chi connectivity index (χ4v) is 2.47. The van der Waals surface area contributed by atoms with Crippen molar-refractivity contribution in [3.8, 4) is 5.75 Å². The van der Waals surface area contributed by atoms with Gasteiger partial charge in [0.1, 0.15) is 11.5 Å². The monoisotopic (exact) mass is 473 g/mol. The lowest BCUT2D eigenvalue weighted by atomic mass is 10.2. The number of para-hydroxylation sites is 1. The van der Waals surface area contributed by atoms with Gasteiger partial charge in [0.15, 0.2) is 5.96 Å². The van der Waals surface area contributed by atoms with Crippen LogP contribution in [-0.2, 0) is 17.7 Å². The Hall–Kier alpha value is -1.74. The maximum atomic E-state index is 5.44. The zero-order valence-electron chi connectivity index (χ0n) is 15.6. The largest absolute Gasteiger partial charge is 0.496 e. The number of benzene rings is 1. The molecular formula is C19H28IN3O3. The molecule has 1 heterocycles. The molecule has 0 fully saturated rings. The second kappa shape index (κ2) is 12.6. The van der Waals surface area contributed by atoms with Gasteiger partial charge in [0, 0.05) is 39.2 Å². The van der Waals surface area contributed by atoms with Gasteiger partial charge in [-0.05, 0) is 18.2 Å². The number of ether oxygens (including phenoxy) is 2. The van der Waals surface area contributed by atoms with Gasteiger partial charge < -0.3 is 24.1 Å². The molecule has 0 aliphatic carbocycles. The number of hydrogen-bond donors (Lipinski definition) is 1. The van der Waals surface area contributed by atoms with Crippen LogP contribution in [0.4, 0.5) is 0 Å². The fourth-order valence-electron chi connectivity index (χ4n) is 2.47. The van der Waals surface area contributed by atoms with Gasteiger partial charge in [-0.3, -0.25) is 4.99 Å². The van der Waals surface area contributed by atoms with Crippen molar-refractivity contribution >= 4 is 29.9 Å². The summed E-state index contributed by atoms with van der Waals surface area (Å²) in [6.45, 7) is 2.64. The van der Waals surface area contributed by atoms with Crippen molar-refractivity contribution < 1.29 is 13.9 Å². The van der Waals surface area contributed by atoms with Crippen LogP contribution in [0.3, 0.4) is 0 Å². The first-order chi connectivity index (χ1) is 12.2. The molecule has 0 aliphatic rings. The van der Waals surface area contributed by atoms with E-state index in [-0.39, 0.29) is 24.0 Å². The minimum absolute atomic E-state index is 0. The maximum absolute atomic E-state index is 5.44. The maximum Gasteiger partial charge on any atom is 0.194 e. The molecule has 0 radical (unpaired) electrons. The topological polar surface area (TPSA) is 59.2 Å². The molecule has 0 atom stereocenters. The molecule has 7 heteroatoms. The molecule has 0 saturated heterocycles. The van der Waals surface area contributed by atoms with Crippen molar-refractivity contribution in [2.24, 2.45) is 4.99 Å². The predicted molar refractivity (Wildman–Crippen MR) is 114 cm³/mol. The van der Waals surface area contributed by atoms with Crippen LogP contribution in [0.5, 0.6) is 5.75 Å². The molecule has 2 rings (SSSR count). The quantitative estimate of drug-likeness (QED) is 0.263. The van der Waals surface area contributed by atoms with Gasteiger partial charge in [-0.1, -0.05) is 18.2 Å². The third-order valence-corrected chi connectivity index (χ3v) is 3.75. The second-order valence-electron chi connectivity index (χ2n) is 5.62. The van der Waals surface area contributed by atoms with E-state index in [9.17, 15) is 0 Å². The Morgan fingerprint density at radius 3 is 2.69 bits per heavy atom. The Morgan fingerprint density at radius 1 is 1.19 bits per heavy atom. The summed E-state index contributed by atoms with van der Waals surface area (Å²) < 4.78 is 15.9. The molecule has 0 bridgehead atoms. The first kappa shape index (κ1) is 22.3. The molecule has 1 N–H and O–H groups in total. The summed E-state index contributed by atoms with van der Waals surface area (Å²) in [6.07, 6.45) is 2.50. The third-order valence-electron chi connectivity index (χ3n) is 3.75. The highest BCUT2D eigenvalue weighted by Gasteiger charge is 2.10. The molecule has 0 saturated carbocycles. The molecule has 26 heavy (non-hydrogen) atoms. The van der Waals surface area contributed by atoms with Gasteiger partial charge in [-0.15, -0.1) is 24.0 Å². The molecule has 0 aliphatic heterocycles. The van der Waals surface area contributed by atoms with Gasteiger partial charge in [-0.25, -0.2) is 0 Å². The van der Waals surface area contributed by atoms with Gasteiger partial charge in [0.05, 0.1) is 26.5 Å². The van der Waals surface area contributed by atoms with E-state index >= 15 is 0 Å². The SMILES string of the molecule is COCCN=C(NCCc1ccco1)N(C)Cc1ccccc1OC.I. The fraction of sp³-hybridized carbons (Fsp3) is 0.421. The number of hydrogen-bond acceptors (Lipinski definition) is 4. The molecule has 0 spiro atoms. The second-order valence-corrected chi connectivity index (χ2v) is 5.62. The average molecular weight is 473 g/mol. The number of rotatable bonds is 9. The summed E-state index contributed by atoms with van der Waals surface area (Å²) in [4.78, 5) is 6.70. The lowest BCUT2D eigenvalue weighted by molar-refractivity contribution is 0.207. The third kappa shape index (κ3) is 7.25. The zero-order chi connectivity index (χ0) is 17.9. The molecule has 6 nitrogen and oxygen atoms in total. The molecule has 1 aromatic heterocycles. The normalized spacial score (nSPS) is 11.0. The number of nitrogens with one attached hydrogen (secondary N) is 1. The van der Waals surface area contributed by atoms with Crippen LogP contribution >= 0.6 is 24.0 Å². The summed E-state index contributed by atoms with van der Waals surface area (Å²) in [6, 6.07) is 11.9. The Morgan fingerprint density at radius 2 is 2.00 bits per heavy atom. The highest BCUT2D eigenvalue weighted by atomic mass is 127. The first-order valence-corrected chi connectivity index (χ1v) is 8.37. The van der Waals surface area contributed by atoms with Crippen LogP contribution in [0.25, 0.3) is 0 Å². The van der Waals surface area contributed by atoms with E-state index < -0.39 is 0 Å². The predicted octanol–water partition coefficient (Wildman–Crippen LogP) is 3.17. The Kier molecular flexibility index (Phi) is 10.8. The van der Waals surface area contributed by atoms with Gasteiger partial charge in [0.2, 0.25) is 0 Å². The average Bonchev–Trinajstić information content (AvgIpc) is 3.14. The molecule has 144 valence electrons. The molecule has 0 amide bonds. The standard InChI is InChI=1S/C19H27N3O3.HI/c1-22(15-16-7-4-5-9-18(16)24-3)19(21-12-14-23-2)20-11-10-17-8-6-13-25-17;/h4-9,13H,10-12,14-15H2,1-3H3,(H,20,21);1H. The van der Waals surface area contributed by atoms with Crippen molar-refractivity contribution in [1.29, 1.82) is 0 Å². The number of halogens is 1. The van der Waals surface area contributed by atoms with E-state index in [0.29, 0.717) is 19.7 Å². The van der Waals surface area contributed by atoms with Crippen molar-refractivity contribution in [2.75, 3.05) is 41.0 Å². The van der Waals surface area contributed by atoms with Crippen molar-refractivity contribution in [3.05, 3.63) is 54.0 Å². The number of nitrogens with zero attached hydrogens (tertiary/aromatic N) is 2. The molecule has 1 aromatic carbocycles. The van der Waals surface area contributed by atoms with E-state index in [1.165, 1.54) is 0 Å². The summed E-state index contributed by atoms with van der Waals surface area (Å²) in [5.41, 5.74) is 1.11. The Bertz CT molecular complexity index is 647. The van der Waals surface area contributed by atoms with Crippen LogP contribution in [0.1, 0.15) is 11.3 Å². The van der Waals surface area contributed by atoms with Crippen LogP contribution in [-0.4, -0.2) is 51.8 Å². The smallest absolute Gasteiger partial charge is 0.194 e. The van der Waals surface area contributed by atoms with Crippen LogP contribution in [0, 0.1) is 0 Å². The van der Waals surface area contributed by atoms with Crippen LogP contribution in [0.2, 0.25) is 0 Å².